The first-order chi connectivity index (χ1) is 35.5. The number of ether oxygens (including phenoxy) is 3. The summed E-state index contributed by atoms with van der Waals surface area (Å²) >= 11 is 0. The molecule has 0 saturated heterocycles. The van der Waals surface area contributed by atoms with Crippen LogP contribution in [0, 0.1) is 0 Å². The van der Waals surface area contributed by atoms with E-state index in [-0.39, 0.29) is 31.1 Å². The fourth-order valence-electron chi connectivity index (χ4n) is 9.53. The van der Waals surface area contributed by atoms with Crippen molar-refractivity contribution >= 4 is 17.9 Å². The van der Waals surface area contributed by atoms with Crippen molar-refractivity contribution in [1.82, 2.24) is 0 Å². The number of rotatable bonds is 59. The van der Waals surface area contributed by atoms with Crippen molar-refractivity contribution in [2.45, 2.75) is 354 Å². The average molecular weight is 1010 g/mol. The van der Waals surface area contributed by atoms with Crippen molar-refractivity contribution in [2.24, 2.45) is 0 Å². The van der Waals surface area contributed by atoms with Gasteiger partial charge in [-0.15, -0.1) is 0 Å². The van der Waals surface area contributed by atoms with E-state index in [1.807, 2.05) is 0 Å². The van der Waals surface area contributed by atoms with Crippen LogP contribution in [0.1, 0.15) is 348 Å². The van der Waals surface area contributed by atoms with Crippen LogP contribution in [0.2, 0.25) is 0 Å². The van der Waals surface area contributed by atoms with Gasteiger partial charge < -0.3 is 14.2 Å². The molecular weight excluding hydrogens is 889 g/mol. The lowest BCUT2D eigenvalue weighted by molar-refractivity contribution is -0.167. The second-order valence-corrected chi connectivity index (χ2v) is 21.7. The molecule has 0 radical (unpaired) electrons. The lowest BCUT2D eigenvalue weighted by Crippen LogP contribution is -2.30. The van der Waals surface area contributed by atoms with E-state index < -0.39 is 6.10 Å². The van der Waals surface area contributed by atoms with Crippen LogP contribution in [-0.2, 0) is 28.6 Å². The topological polar surface area (TPSA) is 78.9 Å². The third-order valence-corrected chi connectivity index (χ3v) is 14.4. The number of esters is 3. The predicted molar refractivity (Wildman–Crippen MR) is 312 cm³/mol. The molecule has 0 aliphatic rings. The van der Waals surface area contributed by atoms with Gasteiger partial charge in [0.15, 0.2) is 6.10 Å². The molecule has 0 heterocycles. The van der Waals surface area contributed by atoms with Gasteiger partial charge in [0, 0.05) is 19.3 Å². The van der Waals surface area contributed by atoms with Gasteiger partial charge in [0.2, 0.25) is 0 Å². The van der Waals surface area contributed by atoms with E-state index in [0.29, 0.717) is 19.3 Å². The van der Waals surface area contributed by atoms with Crippen LogP contribution in [-0.4, -0.2) is 37.2 Å². The predicted octanol–water partition coefficient (Wildman–Crippen LogP) is 21.6. The summed E-state index contributed by atoms with van der Waals surface area (Å²) in [5.41, 5.74) is 0. The van der Waals surface area contributed by atoms with Crippen LogP contribution < -0.4 is 0 Å². The highest BCUT2D eigenvalue weighted by Gasteiger charge is 2.19. The minimum atomic E-state index is -0.778. The molecule has 1 atom stereocenters. The van der Waals surface area contributed by atoms with Crippen LogP contribution in [0.25, 0.3) is 0 Å². The smallest absolute Gasteiger partial charge is 0.306 e. The maximum absolute atomic E-state index is 12.9. The Morgan fingerprint density at radius 3 is 0.792 bits per heavy atom. The Kier molecular flexibility index (Phi) is 59.2. The van der Waals surface area contributed by atoms with E-state index in [4.69, 9.17) is 14.2 Å². The zero-order chi connectivity index (χ0) is 52.2. The molecule has 0 aliphatic carbocycles. The Bertz CT molecular complexity index is 1210. The minimum absolute atomic E-state index is 0.0743. The van der Waals surface area contributed by atoms with E-state index in [2.05, 4.69) is 57.2 Å². The molecular formula is C66H122O6. The van der Waals surface area contributed by atoms with Gasteiger partial charge >= 0.3 is 17.9 Å². The van der Waals surface area contributed by atoms with E-state index in [9.17, 15) is 14.4 Å². The summed E-state index contributed by atoms with van der Waals surface area (Å²) in [6.07, 6.45) is 74.3. The lowest BCUT2D eigenvalue weighted by Gasteiger charge is -2.18. The first-order valence-corrected chi connectivity index (χ1v) is 32.0. The molecule has 0 bridgehead atoms. The molecule has 0 spiro atoms. The van der Waals surface area contributed by atoms with Gasteiger partial charge in [-0.05, 0) is 77.0 Å². The first kappa shape index (κ1) is 69.6. The summed E-state index contributed by atoms with van der Waals surface area (Å²) in [5.74, 6) is -0.869. The summed E-state index contributed by atoms with van der Waals surface area (Å²) in [7, 11) is 0. The van der Waals surface area contributed by atoms with Crippen molar-refractivity contribution in [2.75, 3.05) is 13.2 Å². The Morgan fingerprint density at radius 2 is 0.500 bits per heavy atom. The molecule has 0 fully saturated rings. The van der Waals surface area contributed by atoms with Crippen molar-refractivity contribution in [3.05, 3.63) is 36.5 Å². The number of carbonyl (C=O) groups is 3. The molecule has 0 rings (SSSR count). The number of allylic oxidation sites excluding steroid dienone is 6. The fourth-order valence-corrected chi connectivity index (χ4v) is 9.53. The first-order valence-electron chi connectivity index (χ1n) is 32.0. The third kappa shape index (κ3) is 58.5. The zero-order valence-corrected chi connectivity index (χ0v) is 48.5. The molecule has 0 aromatic rings. The highest BCUT2D eigenvalue weighted by molar-refractivity contribution is 5.71. The van der Waals surface area contributed by atoms with E-state index >= 15 is 0 Å². The van der Waals surface area contributed by atoms with E-state index in [1.165, 1.54) is 231 Å². The Hall–Kier alpha value is -2.37. The summed E-state index contributed by atoms with van der Waals surface area (Å²) in [6.45, 7) is 6.67. The molecule has 6 heteroatoms. The molecule has 0 amide bonds. The maximum atomic E-state index is 12.9. The Morgan fingerprint density at radius 1 is 0.278 bits per heavy atom. The van der Waals surface area contributed by atoms with Crippen molar-refractivity contribution in [3.8, 4) is 0 Å². The summed E-state index contributed by atoms with van der Waals surface area (Å²) < 4.78 is 16.9. The van der Waals surface area contributed by atoms with E-state index in [0.717, 1.165) is 77.0 Å². The average Bonchev–Trinajstić information content (AvgIpc) is 3.38. The van der Waals surface area contributed by atoms with Gasteiger partial charge in [0.05, 0.1) is 0 Å². The van der Waals surface area contributed by atoms with Crippen LogP contribution in [0.4, 0.5) is 0 Å². The van der Waals surface area contributed by atoms with Gasteiger partial charge in [-0.2, -0.15) is 0 Å². The number of carbonyl (C=O) groups excluding carboxylic acids is 3. The fraction of sp³-hybridized carbons (Fsp3) is 0.864. The van der Waals surface area contributed by atoms with E-state index in [1.54, 1.807) is 0 Å². The molecule has 72 heavy (non-hydrogen) atoms. The molecule has 1 unspecified atom stereocenters. The summed E-state index contributed by atoms with van der Waals surface area (Å²) in [4.78, 5) is 38.3. The van der Waals surface area contributed by atoms with Gasteiger partial charge in [0.1, 0.15) is 13.2 Å². The number of unbranched alkanes of at least 4 members (excludes halogenated alkanes) is 42. The third-order valence-electron chi connectivity index (χ3n) is 14.4. The quantitative estimate of drug-likeness (QED) is 0.0261. The Balaban J connectivity index is 4.34. The summed E-state index contributed by atoms with van der Waals surface area (Å²) in [5, 5.41) is 0. The van der Waals surface area contributed by atoms with Crippen molar-refractivity contribution < 1.29 is 28.6 Å². The van der Waals surface area contributed by atoms with Gasteiger partial charge in [-0.25, -0.2) is 0 Å². The minimum Gasteiger partial charge on any atom is -0.462 e. The molecule has 0 saturated carbocycles. The van der Waals surface area contributed by atoms with Crippen LogP contribution in [0.3, 0.4) is 0 Å². The van der Waals surface area contributed by atoms with Crippen LogP contribution in [0.5, 0.6) is 0 Å². The van der Waals surface area contributed by atoms with Crippen LogP contribution >= 0.6 is 0 Å². The molecule has 0 aliphatic heterocycles. The largest absolute Gasteiger partial charge is 0.462 e. The lowest BCUT2D eigenvalue weighted by atomic mass is 10.0. The van der Waals surface area contributed by atoms with Crippen LogP contribution in [0.15, 0.2) is 36.5 Å². The normalized spacial score (nSPS) is 12.2. The molecule has 0 N–H and O–H groups in total. The van der Waals surface area contributed by atoms with Gasteiger partial charge in [-0.1, -0.05) is 288 Å². The molecule has 6 nitrogen and oxygen atoms in total. The second kappa shape index (κ2) is 61.2. The highest BCUT2D eigenvalue weighted by Crippen LogP contribution is 2.17. The maximum Gasteiger partial charge on any atom is 0.306 e. The SMILES string of the molecule is CCCCCC/C=C\C/C=C\CCCCCCCC(=O)OCC(COC(=O)CCCCCCCCCCCCCCCCCCCCCC)OC(=O)CCCCCCCCC/C=C\CCCCCCCCC. The molecule has 0 aromatic heterocycles. The summed E-state index contributed by atoms with van der Waals surface area (Å²) in [6, 6.07) is 0. The van der Waals surface area contributed by atoms with Crippen molar-refractivity contribution in [3.63, 3.8) is 0 Å². The second-order valence-electron chi connectivity index (χ2n) is 21.7. The Labute approximate surface area is 448 Å². The van der Waals surface area contributed by atoms with Crippen molar-refractivity contribution in [1.29, 1.82) is 0 Å². The van der Waals surface area contributed by atoms with Gasteiger partial charge in [-0.3, -0.25) is 14.4 Å². The number of hydrogen-bond acceptors (Lipinski definition) is 6. The molecule has 0 aromatic carbocycles. The highest BCUT2D eigenvalue weighted by atomic mass is 16.6. The standard InChI is InChI=1S/C66H122O6/c1-4-7-10-13-16-19-22-25-28-31-33-34-36-38-41-44-47-50-53-56-59-65(68)71-62-63(61-70-64(67)58-55-52-49-46-43-40-37-30-27-24-21-18-15-12-9-6-3)72-66(69)60-57-54-51-48-45-42-39-35-32-29-26-23-20-17-14-11-8-5-2/h21,24,29-30,32,37,63H,4-20,22-23,25-28,31,33-36,38-62H2,1-3H3/b24-21-,32-29-,37-30-. The molecule has 422 valence electrons. The number of hydrogen-bond donors (Lipinski definition) is 0. The monoisotopic (exact) mass is 1010 g/mol. The van der Waals surface area contributed by atoms with Gasteiger partial charge in [0.25, 0.3) is 0 Å². The zero-order valence-electron chi connectivity index (χ0n) is 48.5.